The third-order valence-corrected chi connectivity index (χ3v) is 3.05. The number of rotatable bonds is 5. The largest absolute Gasteiger partial charge is 0.377 e. The van der Waals surface area contributed by atoms with Gasteiger partial charge in [0.15, 0.2) is 5.82 Å². The van der Waals surface area contributed by atoms with Crippen molar-refractivity contribution in [3.63, 3.8) is 0 Å². The van der Waals surface area contributed by atoms with Crippen molar-refractivity contribution in [2.75, 3.05) is 38.4 Å². The molecule has 2 heterocycles. The topological polar surface area (TPSA) is 79.4 Å². The van der Waals surface area contributed by atoms with Gasteiger partial charge in [0, 0.05) is 33.8 Å². The number of aromatic nitrogens is 2. The van der Waals surface area contributed by atoms with Crippen molar-refractivity contribution < 1.29 is 9.53 Å². The van der Waals surface area contributed by atoms with E-state index in [0.29, 0.717) is 24.1 Å². The van der Waals surface area contributed by atoms with Gasteiger partial charge in [-0.05, 0) is 6.42 Å². The van der Waals surface area contributed by atoms with Crippen molar-refractivity contribution in [3.05, 3.63) is 11.9 Å². The zero-order valence-corrected chi connectivity index (χ0v) is 11.4. The van der Waals surface area contributed by atoms with Gasteiger partial charge in [-0.1, -0.05) is 0 Å². The minimum atomic E-state index is -0.208. The second kappa shape index (κ2) is 5.83. The number of hydrogen-bond acceptors (Lipinski definition) is 6. The number of amides is 1. The van der Waals surface area contributed by atoms with Crippen LogP contribution >= 0.6 is 0 Å². The molecule has 1 fully saturated rings. The minimum Gasteiger partial charge on any atom is -0.377 e. The lowest BCUT2D eigenvalue weighted by atomic mass is 10.2. The lowest BCUT2D eigenvalue weighted by Gasteiger charge is -2.14. The minimum absolute atomic E-state index is 0.0953. The molecule has 1 unspecified atom stereocenters. The standard InChI is InChI=1S/C12H19N5O2/c1-13-9-6-10(16-11(15-9)7-19-3)14-8-4-5-17(2)12(8)18/h6,8H,4-5,7H2,1-3H3,(H2,13,14,15,16). The Morgan fingerprint density at radius 3 is 2.79 bits per heavy atom. The number of ether oxygens (including phenoxy) is 1. The number of carbonyl (C=O) groups is 1. The molecule has 0 saturated carbocycles. The van der Waals surface area contributed by atoms with Gasteiger partial charge in [0.05, 0.1) is 0 Å². The lowest BCUT2D eigenvalue weighted by Crippen LogP contribution is -2.31. The van der Waals surface area contributed by atoms with Crippen molar-refractivity contribution in [2.24, 2.45) is 0 Å². The summed E-state index contributed by atoms with van der Waals surface area (Å²) in [4.78, 5) is 22.2. The number of nitrogens with one attached hydrogen (secondary N) is 2. The Hall–Kier alpha value is -1.89. The average Bonchev–Trinajstić information content (AvgIpc) is 2.71. The summed E-state index contributed by atoms with van der Waals surface area (Å²) in [6, 6.07) is 1.57. The summed E-state index contributed by atoms with van der Waals surface area (Å²) < 4.78 is 5.03. The van der Waals surface area contributed by atoms with E-state index in [1.54, 1.807) is 32.2 Å². The van der Waals surface area contributed by atoms with Crippen molar-refractivity contribution in [1.82, 2.24) is 14.9 Å². The Bertz CT molecular complexity index is 465. The molecule has 2 rings (SSSR count). The molecule has 0 spiro atoms. The maximum Gasteiger partial charge on any atom is 0.244 e. The van der Waals surface area contributed by atoms with Gasteiger partial charge in [0.2, 0.25) is 5.91 Å². The first-order valence-corrected chi connectivity index (χ1v) is 6.20. The Balaban J connectivity index is 2.15. The van der Waals surface area contributed by atoms with Crippen LogP contribution in [0.25, 0.3) is 0 Å². The van der Waals surface area contributed by atoms with Gasteiger partial charge in [0.1, 0.15) is 24.3 Å². The molecule has 7 heteroatoms. The fraction of sp³-hybridized carbons (Fsp3) is 0.583. The SMILES string of the molecule is CNc1cc(NC2CCN(C)C2=O)nc(COC)n1. The second-order valence-corrected chi connectivity index (χ2v) is 4.48. The monoisotopic (exact) mass is 265 g/mol. The van der Waals surface area contributed by atoms with Crippen LogP contribution in [0.3, 0.4) is 0 Å². The van der Waals surface area contributed by atoms with Gasteiger partial charge < -0.3 is 20.3 Å². The number of anilines is 2. The normalized spacial score (nSPS) is 18.8. The van der Waals surface area contributed by atoms with Crippen LogP contribution < -0.4 is 10.6 Å². The molecule has 2 N–H and O–H groups in total. The molecule has 0 aromatic carbocycles. The summed E-state index contributed by atoms with van der Waals surface area (Å²) >= 11 is 0. The summed E-state index contributed by atoms with van der Waals surface area (Å²) in [5, 5.41) is 6.13. The van der Waals surface area contributed by atoms with Crippen LogP contribution in [-0.2, 0) is 16.1 Å². The zero-order valence-electron chi connectivity index (χ0n) is 11.4. The number of likely N-dealkylation sites (tertiary alicyclic amines) is 1. The highest BCUT2D eigenvalue weighted by molar-refractivity contribution is 5.86. The number of hydrogen-bond donors (Lipinski definition) is 2. The van der Waals surface area contributed by atoms with Crippen LogP contribution in [0.2, 0.25) is 0 Å². The van der Waals surface area contributed by atoms with E-state index in [4.69, 9.17) is 4.74 Å². The second-order valence-electron chi connectivity index (χ2n) is 4.48. The van der Waals surface area contributed by atoms with E-state index < -0.39 is 0 Å². The maximum absolute atomic E-state index is 11.9. The molecule has 0 aliphatic carbocycles. The van der Waals surface area contributed by atoms with E-state index in [2.05, 4.69) is 20.6 Å². The van der Waals surface area contributed by atoms with E-state index in [0.717, 1.165) is 13.0 Å². The molecule has 1 aliphatic rings. The summed E-state index contributed by atoms with van der Waals surface area (Å²) in [5.74, 6) is 2.01. The van der Waals surface area contributed by atoms with Crippen LogP contribution in [0.4, 0.5) is 11.6 Å². The molecule has 7 nitrogen and oxygen atoms in total. The number of carbonyl (C=O) groups excluding carboxylic acids is 1. The van der Waals surface area contributed by atoms with E-state index in [1.165, 1.54) is 0 Å². The van der Waals surface area contributed by atoms with Gasteiger partial charge >= 0.3 is 0 Å². The third-order valence-electron chi connectivity index (χ3n) is 3.05. The summed E-state index contributed by atoms with van der Waals surface area (Å²) in [6.07, 6.45) is 0.786. The maximum atomic E-state index is 11.9. The van der Waals surface area contributed by atoms with E-state index in [-0.39, 0.29) is 11.9 Å². The first-order valence-electron chi connectivity index (χ1n) is 6.20. The predicted octanol–water partition coefficient (Wildman–Crippen LogP) is 0.307. The molecule has 1 aliphatic heterocycles. The fourth-order valence-corrected chi connectivity index (χ4v) is 2.03. The third kappa shape index (κ3) is 3.11. The molecule has 0 radical (unpaired) electrons. The van der Waals surface area contributed by atoms with Gasteiger partial charge in [-0.2, -0.15) is 0 Å². The molecule has 0 bridgehead atoms. The molecule has 1 saturated heterocycles. The summed E-state index contributed by atoms with van der Waals surface area (Å²) in [7, 11) is 5.19. The average molecular weight is 265 g/mol. The molecule has 1 atom stereocenters. The number of methoxy groups -OCH3 is 1. The first kappa shape index (κ1) is 13.5. The highest BCUT2D eigenvalue weighted by Crippen LogP contribution is 2.17. The van der Waals surface area contributed by atoms with Gasteiger partial charge in [-0.3, -0.25) is 4.79 Å². The van der Waals surface area contributed by atoms with Gasteiger partial charge in [-0.15, -0.1) is 0 Å². The molecule has 1 amide bonds. The molecular weight excluding hydrogens is 246 g/mol. The van der Waals surface area contributed by atoms with Crippen molar-refractivity contribution in [2.45, 2.75) is 19.1 Å². The van der Waals surface area contributed by atoms with Crippen LogP contribution in [0, 0.1) is 0 Å². The molecule has 1 aromatic heterocycles. The summed E-state index contributed by atoms with van der Waals surface area (Å²) in [5.41, 5.74) is 0. The predicted molar refractivity (Wildman–Crippen MR) is 72.0 cm³/mol. The molecular formula is C12H19N5O2. The lowest BCUT2D eigenvalue weighted by molar-refractivity contribution is -0.127. The number of nitrogens with zero attached hydrogens (tertiary/aromatic N) is 3. The molecule has 19 heavy (non-hydrogen) atoms. The Morgan fingerprint density at radius 1 is 1.47 bits per heavy atom. The van der Waals surface area contributed by atoms with Crippen LogP contribution in [0.1, 0.15) is 12.2 Å². The van der Waals surface area contributed by atoms with Crippen LogP contribution in [-0.4, -0.2) is 54.6 Å². The fourth-order valence-electron chi connectivity index (χ4n) is 2.03. The highest BCUT2D eigenvalue weighted by Gasteiger charge is 2.29. The summed E-state index contributed by atoms with van der Waals surface area (Å²) in [6.45, 7) is 1.11. The van der Waals surface area contributed by atoms with Crippen molar-refractivity contribution in [3.8, 4) is 0 Å². The van der Waals surface area contributed by atoms with E-state index in [9.17, 15) is 4.79 Å². The first-order chi connectivity index (χ1) is 9.13. The molecule has 1 aromatic rings. The van der Waals surface area contributed by atoms with Crippen molar-refractivity contribution in [1.29, 1.82) is 0 Å². The Kier molecular flexibility index (Phi) is 4.16. The highest BCUT2D eigenvalue weighted by atomic mass is 16.5. The number of likely N-dealkylation sites (N-methyl/N-ethyl adjacent to an activating group) is 1. The van der Waals surface area contributed by atoms with E-state index >= 15 is 0 Å². The Morgan fingerprint density at radius 2 is 2.21 bits per heavy atom. The van der Waals surface area contributed by atoms with Crippen LogP contribution in [0.15, 0.2) is 6.07 Å². The zero-order chi connectivity index (χ0) is 13.8. The van der Waals surface area contributed by atoms with Gasteiger partial charge in [0.25, 0.3) is 0 Å². The quantitative estimate of drug-likeness (QED) is 0.797. The smallest absolute Gasteiger partial charge is 0.244 e. The Labute approximate surface area is 112 Å². The van der Waals surface area contributed by atoms with Crippen molar-refractivity contribution >= 4 is 17.5 Å². The van der Waals surface area contributed by atoms with Gasteiger partial charge in [-0.25, -0.2) is 9.97 Å². The molecule has 104 valence electrons. The van der Waals surface area contributed by atoms with Crippen LogP contribution in [0.5, 0.6) is 0 Å². The van der Waals surface area contributed by atoms with E-state index in [1.807, 2.05) is 0 Å².